The molecule has 0 aliphatic heterocycles. The predicted octanol–water partition coefficient (Wildman–Crippen LogP) is 3.66. The maximum absolute atomic E-state index is 12.7. The van der Waals surface area contributed by atoms with Gasteiger partial charge in [0.15, 0.2) is 0 Å². The maximum atomic E-state index is 12.7. The summed E-state index contributed by atoms with van der Waals surface area (Å²) in [6.07, 6.45) is 5.20. The van der Waals surface area contributed by atoms with Crippen LogP contribution in [0.4, 0.5) is 0 Å². The fourth-order valence-electron chi connectivity index (χ4n) is 3.56. The van der Waals surface area contributed by atoms with Crippen LogP contribution in [0.25, 0.3) is 0 Å². The Kier molecular flexibility index (Phi) is 7.48. The van der Waals surface area contributed by atoms with E-state index in [-0.39, 0.29) is 23.7 Å². The van der Waals surface area contributed by atoms with E-state index in [1.54, 1.807) is 0 Å². The lowest BCUT2D eigenvalue weighted by molar-refractivity contribution is -0.134. The first-order valence-electron chi connectivity index (χ1n) is 9.65. The van der Waals surface area contributed by atoms with Crippen molar-refractivity contribution in [3.05, 3.63) is 35.9 Å². The van der Waals surface area contributed by atoms with Gasteiger partial charge in [0, 0.05) is 12.5 Å². The molecule has 1 fully saturated rings. The molecular weight excluding hydrogens is 312 g/mol. The molecule has 4 heteroatoms. The highest BCUT2D eigenvalue weighted by Crippen LogP contribution is 2.29. The number of carbonyl (C=O) groups excluding carboxylic acids is 2. The molecule has 0 saturated heterocycles. The second kappa shape index (κ2) is 9.59. The molecule has 4 nitrogen and oxygen atoms in total. The molecule has 1 aromatic carbocycles. The zero-order valence-electron chi connectivity index (χ0n) is 15.8. The highest BCUT2D eigenvalue weighted by Gasteiger charge is 2.32. The SMILES string of the molecule is CC[C@H](C)[C@H](NC(=O)[C@@H]1CCCC[C@H]1C)C(=O)NCc1ccccc1. The number of hydrogen-bond donors (Lipinski definition) is 2. The molecule has 4 atom stereocenters. The molecule has 1 aromatic rings. The summed E-state index contributed by atoms with van der Waals surface area (Å²) in [5, 5.41) is 6.03. The number of carbonyl (C=O) groups is 2. The third-order valence-corrected chi connectivity index (χ3v) is 5.55. The van der Waals surface area contributed by atoms with E-state index in [1.807, 2.05) is 37.3 Å². The molecule has 1 saturated carbocycles. The minimum atomic E-state index is -0.463. The van der Waals surface area contributed by atoms with Crippen LogP contribution in [0.2, 0.25) is 0 Å². The van der Waals surface area contributed by atoms with Crippen molar-refractivity contribution in [2.24, 2.45) is 17.8 Å². The largest absolute Gasteiger partial charge is 0.350 e. The summed E-state index contributed by atoms with van der Waals surface area (Å²) in [7, 11) is 0. The van der Waals surface area contributed by atoms with Gasteiger partial charge in [-0.1, -0.05) is 70.4 Å². The highest BCUT2D eigenvalue weighted by atomic mass is 16.2. The lowest BCUT2D eigenvalue weighted by Gasteiger charge is -2.31. The summed E-state index contributed by atoms with van der Waals surface area (Å²) in [6.45, 7) is 6.72. The van der Waals surface area contributed by atoms with Crippen LogP contribution in [-0.2, 0) is 16.1 Å². The smallest absolute Gasteiger partial charge is 0.243 e. The molecule has 2 amide bonds. The van der Waals surface area contributed by atoms with E-state index in [0.29, 0.717) is 12.5 Å². The molecule has 0 unspecified atom stereocenters. The molecule has 25 heavy (non-hydrogen) atoms. The van der Waals surface area contributed by atoms with E-state index in [1.165, 1.54) is 6.42 Å². The van der Waals surface area contributed by atoms with Crippen LogP contribution in [0.15, 0.2) is 30.3 Å². The summed E-state index contributed by atoms with van der Waals surface area (Å²) in [6, 6.07) is 9.38. The minimum absolute atomic E-state index is 0.0437. The molecule has 2 N–H and O–H groups in total. The molecule has 0 radical (unpaired) electrons. The quantitative estimate of drug-likeness (QED) is 0.793. The Morgan fingerprint density at radius 2 is 1.84 bits per heavy atom. The van der Waals surface area contributed by atoms with Crippen LogP contribution < -0.4 is 10.6 Å². The van der Waals surface area contributed by atoms with Crippen LogP contribution >= 0.6 is 0 Å². The lowest BCUT2D eigenvalue weighted by Crippen LogP contribution is -2.52. The van der Waals surface area contributed by atoms with Crippen LogP contribution in [0.3, 0.4) is 0 Å². The monoisotopic (exact) mass is 344 g/mol. The highest BCUT2D eigenvalue weighted by molar-refractivity contribution is 5.88. The molecule has 1 aliphatic rings. The zero-order valence-corrected chi connectivity index (χ0v) is 15.8. The van der Waals surface area contributed by atoms with Gasteiger partial charge in [-0.2, -0.15) is 0 Å². The fraction of sp³-hybridized carbons (Fsp3) is 0.619. The summed E-state index contributed by atoms with van der Waals surface area (Å²) in [5.41, 5.74) is 1.06. The van der Waals surface area contributed by atoms with Gasteiger partial charge in [-0.25, -0.2) is 0 Å². The van der Waals surface area contributed by atoms with Crippen LogP contribution in [0.1, 0.15) is 58.4 Å². The van der Waals surface area contributed by atoms with Crippen molar-refractivity contribution >= 4 is 11.8 Å². The van der Waals surface area contributed by atoms with Crippen LogP contribution in [-0.4, -0.2) is 17.9 Å². The van der Waals surface area contributed by atoms with Gasteiger partial charge in [-0.15, -0.1) is 0 Å². The van der Waals surface area contributed by atoms with Gasteiger partial charge in [0.05, 0.1) is 0 Å². The maximum Gasteiger partial charge on any atom is 0.243 e. The third-order valence-electron chi connectivity index (χ3n) is 5.55. The Bertz CT molecular complexity index is 558. The number of hydrogen-bond acceptors (Lipinski definition) is 2. The molecule has 138 valence electrons. The number of benzene rings is 1. The number of nitrogens with one attached hydrogen (secondary N) is 2. The third kappa shape index (κ3) is 5.58. The van der Waals surface area contributed by atoms with E-state index < -0.39 is 6.04 Å². The summed E-state index contributed by atoms with van der Waals surface area (Å²) in [4.78, 5) is 25.4. The standard InChI is InChI=1S/C21H32N2O2/c1-4-15(2)19(21(25)22-14-17-11-6-5-7-12-17)23-20(24)18-13-9-8-10-16(18)3/h5-7,11-12,15-16,18-19H,4,8-10,13-14H2,1-3H3,(H,22,25)(H,23,24)/t15-,16+,18+,19-/m0/s1. The van der Waals surface area contributed by atoms with Crippen LogP contribution in [0.5, 0.6) is 0 Å². The summed E-state index contributed by atoms with van der Waals surface area (Å²) >= 11 is 0. The van der Waals surface area contributed by atoms with Crippen molar-refractivity contribution in [2.45, 2.75) is 65.5 Å². The Hall–Kier alpha value is -1.84. The van der Waals surface area contributed by atoms with Gasteiger partial charge in [-0.3, -0.25) is 9.59 Å². The van der Waals surface area contributed by atoms with Crippen molar-refractivity contribution in [1.82, 2.24) is 10.6 Å². The van der Waals surface area contributed by atoms with E-state index in [2.05, 4.69) is 24.5 Å². The van der Waals surface area contributed by atoms with Crippen molar-refractivity contribution in [2.75, 3.05) is 0 Å². The number of amides is 2. The second-order valence-corrected chi connectivity index (χ2v) is 7.44. The Morgan fingerprint density at radius 3 is 2.48 bits per heavy atom. The zero-order chi connectivity index (χ0) is 18.2. The normalized spacial score (nSPS) is 22.7. The van der Waals surface area contributed by atoms with Crippen molar-refractivity contribution < 1.29 is 9.59 Å². The minimum Gasteiger partial charge on any atom is -0.350 e. The molecule has 0 aromatic heterocycles. The molecule has 0 spiro atoms. The van der Waals surface area contributed by atoms with Crippen LogP contribution in [0, 0.1) is 17.8 Å². The Balaban J connectivity index is 1.97. The molecule has 2 rings (SSSR count). The first kappa shape index (κ1) is 19.5. The topological polar surface area (TPSA) is 58.2 Å². The Morgan fingerprint density at radius 1 is 1.16 bits per heavy atom. The molecule has 0 bridgehead atoms. The molecule has 1 aliphatic carbocycles. The molecule has 0 heterocycles. The summed E-state index contributed by atoms with van der Waals surface area (Å²) < 4.78 is 0. The van der Waals surface area contributed by atoms with Crippen molar-refractivity contribution in [3.63, 3.8) is 0 Å². The first-order valence-corrected chi connectivity index (χ1v) is 9.65. The summed E-state index contributed by atoms with van der Waals surface area (Å²) in [5.74, 6) is 0.516. The fourth-order valence-corrected chi connectivity index (χ4v) is 3.56. The van der Waals surface area contributed by atoms with Gasteiger partial charge in [-0.05, 0) is 30.2 Å². The van der Waals surface area contributed by atoms with Gasteiger partial charge in [0.1, 0.15) is 6.04 Å². The Labute approximate surface area is 151 Å². The van der Waals surface area contributed by atoms with Gasteiger partial charge in [0.2, 0.25) is 11.8 Å². The van der Waals surface area contributed by atoms with E-state index in [4.69, 9.17) is 0 Å². The average Bonchev–Trinajstić information content (AvgIpc) is 2.64. The van der Waals surface area contributed by atoms with Gasteiger partial charge in [0.25, 0.3) is 0 Å². The number of rotatable bonds is 7. The van der Waals surface area contributed by atoms with Crippen molar-refractivity contribution in [3.8, 4) is 0 Å². The lowest BCUT2D eigenvalue weighted by atomic mass is 9.79. The van der Waals surface area contributed by atoms with Gasteiger partial charge < -0.3 is 10.6 Å². The van der Waals surface area contributed by atoms with Crippen molar-refractivity contribution in [1.29, 1.82) is 0 Å². The first-order chi connectivity index (χ1) is 12.0. The average molecular weight is 344 g/mol. The van der Waals surface area contributed by atoms with E-state index in [9.17, 15) is 9.59 Å². The molecular formula is C21H32N2O2. The second-order valence-electron chi connectivity index (χ2n) is 7.44. The van der Waals surface area contributed by atoms with E-state index >= 15 is 0 Å². The van der Waals surface area contributed by atoms with Gasteiger partial charge >= 0.3 is 0 Å². The van der Waals surface area contributed by atoms with E-state index in [0.717, 1.165) is 31.2 Å². The predicted molar refractivity (Wildman–Crippen MR) is 101 cm³/mol.